The minimum Gasteiger partial charge on any atom is -0.385 e. The van der Waals surface area contributed by atoms with Gasteiger partial charge in [-0.3, -0.25) is 0 Å². The number of aryl methyl sites for hydroxylation is 1. The van der Waals surface area contributed by atoms with E-state index in [1.165, 1.54) is 0 Å². The molecule has 0 bridgehead atoms. The maximum atomic E-state index is 9.44. The number of nitrogens with zero attached hydrogens (tertiary/aromatic N) is 2. The lowest BCUT2D eigenvalue weighted by Gasteiger charge is -2.17. The monoisotopic (exact) mass is 153 g/mol. The number of rotatable bonds is 0. The maximum Gasteiger partial charge on any atom is 0.142 e. The van der Waals surface area contributed by atoms with Crippen molar-refractivity contribution in [2.75, 3.05) is 5.73 Å². The van der Waals surface area contributed by atoms with Gasteiger partial charge in [0.2, 0.25) is 0 Å². The van der Waals surface area contributed by atoms with Crippen molar-refractivity contribution in [3.05, 3.63) is 12.0 Å². The second-order valence-electron chi connectivity index (χ2n) is 2.88. The molecule has 4 nitrogen and oxygen atoms in total. The first-order valence-corrected chi connectivity index (χ1v) is 3.78. The number of nitrogen functional groups attached to an aromatic ring is 1. The van der Waals surface area contributed by atoms with E-state index in [2.05, 4.69) is 4.98 Å². The molecule has 1 aliphatic heterocycles. The molecule has 0 fully saturated rings. The summed E-state index contributed by atoms with van der Waals surface area (Å²) in [4.78, 5) is 4.02. The zero-order chi connectivity index (χ0) is 7.84. The molecule has 1 aromatic heterocycles. The summed E-state index contributed by atoms with van der Waals surface area (Å²) in [5.74, 6) is 1.22. The minimum absolute atomic E-state index is 0.416. The van der Waals surface area contributed by atoms with Gasteiger partial charge in [-0.25, -0.2) is 4.98 Å². The summed E-state index contributed by atoms with van der Waals surface area (Å²) in [5.41, 5.74) is 5.48. The van der Waals surface area contributed by atoms with Crippen LogP contribution in [0.15, 0.2) is 6.20 Å². The Hall–Kier alpha value is -1.03. The lowest BCUT2D eigenvalue weighted by Crippen LogP contribution is -2.14. The van der Waals surface area contributed by atoms with Gasteiger partial charge in [0.25, 0.3) is 0 Å². The summed E-state index contributed by atoms with van der Waals surface area (Å²) in [5, 5.41) is 9.44. The molecular formula is C7H11N3O. The highest BCUT2D eigenvalue weighted by molar-refractivity contribution is 5.27. The zero-order valence-electron chi connectivity index (χ0n) is 6.20. The smallest absolute Gasteiger partial charge is 0.142 e. The Kier molecular flexibility index (Phi) is 1.35. The third kappa shape index (κ3) is 0.991. The quantitative estimate of drug-likeness (QED) is 0.563. The maximum absolute atomic E-state index is 9.44. The van der Waals surface area contributed by atoms with Crippen LogP contribution in [0.25, 0.3) is 0 Å². The average Bonchev–Trinajstić information content (AvgIpc) is 2.31. The van der Waals surface area contributed by atoms with Crippen molar-refractivity contribution in [2.24, 2.45) is 0 Å². The first-order valence-electron chi connectivity index (χ1n) is 3.78. The van der Waals surface area contributed by atoms with Gasteiger partial charge in [0.05, 0.1) is 0 Å². The molecule has 0 saturated heterocycles. The number of hydrogen-bond acceptors (Lipinski definition) is 3. The molecule has 60 valence electrons. The van der Waals surface area contributed by atoms with E-state index in [0.29, 0.717) is 11.6 Å². The number of anilines is 1. The fraction of sp³-hybridized carbons (Fsp3) is 0.571. The number of nitrogens with two attached hydrogens (primary N) is 1. The molecule has 11 heavy (non-hydrogen) atoms. The lowest BCUT2D eigenvalue weighted by molar-refractivity contribution is 0.134. The Morgan fingerprint density at radius 1 is 1.73 bits per heavy atom. The molecule has 4 heteroatoms. The van der Waals surface area contributed by atoms with Gasteiger partial charge in [-0.05, 0) is 12.8 Å². The number of aliphatic hydroxyl groups excluding tert-OH is 1. The van der Waals surface area contributed by atoms with Crippen LogP contribution in [-0.4, -0.2) is 14.7 Å². The van der Waals surface area contributed by atoms with Gasteiger partial charge in [-0.1, -0.05) is 0 Å². The third-order valence-electron chi connectivity index (χ3n) is 2.00. The summed E-state index contributed by atoms with van der Waals surface area (Å²) in [6, 6.07) is 0. The summed E-state index contributed by atoms with van der Waals surface area (Å²) in [7, 11) is 0. The molecule has 0 unspecified atom stereocenters. The van der Waals surface area contributed by atoms with Crippen LogP contribution < -0.4 is 5.73 Å². The average molecular weight is 153 g/mol. The molecule has 0 amide bonds. The summed E-state index contributed by atoms with van der Waals surface area (Å²) < 4.78 is 1.92. The van der Waals surface area contributed by atoms with Gasteiger partial charge in [0, 0.05) is 12.7 Å². The van der Waals surface area contributed by atoms with Gasteiger partial charge in [0.15, 0.2) is 0 Å². The minimum atomic E-state index is -0.416. The van der Waals surface area contributed by atoms with Crippen LogP contribution in [-0.2, 0) is 6.54 Å². The van der Waals surface area contributed by atoms with Crippen LogP contribution in [0.1, 0.15) is 24.8 Å². The largest absolute Gasteiger partial charge is 0.385 e. The molecule has 0 aliphatic carbocycles. The van der Waals surface area contributed by atoms with E-state index in [9.17, 15) is 5.11 Å². The molecule has 2 rings (SSSR count). The molecule has 0 spiro atoms. The standard InChI is InChI=1S/C7H11N3O/c8-6-4-10-3-1-2-5(11)7(10)9-6/h4-5,11H,1-3,8H2/t5-/m0/s1. The number of hydrogen-bond donors (Lipinski definition) is 2. The predicted octanol–water partition coefficient (Wildman–Crippen LogP) is 0.293. The van der Waals surface area contributed by atoms with Crippen molar-refractivity contribution in [1.82, 2.24) is 9.55 Å². The van der Waals surface area contributed by atoms with Crippen molar-refractivity contribution in [3.8, 4) is 0 Å². The van der Waals surface area contributed by atoms with E-state index >= 15 is 0 Å². The van der Waals surface area contributed by atoms with Crippen LogP contribution in [0.2, 0.25) is 0 Å². The zero-order valence-corrected chi connectivity index (χ0v) is 6.20. The molecule has 0 aromatic carbocycles. The van der Waals surface area contributed by atoms with E-state index in [1.807, 2.05) is 4.57 Å². The second-order valence-corrected chi connectivity index (χ2v) is 2.88. The molecule has 3 N–H and O–H groups in total. The SMILES string of the molecule is Nc1cn2c(n1)[C@@H](O)CCC2. The van der Waals surface area contributed by atoms with Gasteiger partial charge in [-0.2, -0.15) is 0 Å². The Labute approximate surface area is 64.7 Å². The molecule has 0 saturated carbocycles. The highest BCUT2D eigenvalue weighted by Crippen LogP contribution is 2.24. The van der Waals surface area contributed by atoms with Crippen LogP contribution in [0.5, 0.6) is 0 Å². The lowest BCUT2D eigenvalue weighted by atomic mass is 10.1. The fourth-order valence-corrected chi connectivity index (χ4v) is 1.48. The van der Waals surface area contributed by atoms with Gasteiger partial charge >= 0.3 is 0 Å². The Morgan fingerprint density at radius 3 is 3.27 bits per heavy atom. The number of aromatic nitrogens is 2. The van der Waals surface area contributed by atoms with Crippen molar-refractivity contribution < 1.29 is 5.11 Å². The van der Waals surface area contributed by atoms with E-state index in [1.54, 1.807) is 6.20 Å². The number of imidazole rings is 1. The van der Waals surface area contributed by atoms with Gasteiger partial charge < -0.3 is 15.4 Å². The van der Waals surface area contributed by atoms with E-state index in [-0.39, 0.29) is 0 Å². The Bertz CT molecular complexity index is 269. The second kappa shape index (κ2) is 2.23. The highest BCUT2D eigenvalue weighted by Gasteiger charge is 2.19. The number of aliphatic hydroxyl groups is 1. The van der Waals surface area contributed by atoms with E-state index in [0.717, 1.165) is 19.4 Å². The molecule has 1 aromatic rings. The first kappa shape index (κ1) is 6.67. The Morgan fingerprint density at radius 2 is 2.55 bits per heavy atom. The van der Waals surface area contributed by atoms with Crippen LogP contribution in [0.4, 0.5) is 5.82 Å². The van der Waals surface area contributed by atoms with Gasteiger partial charge in [0.1, 0.15) is 17.7 Å². The van der Waals surface area contributed by atoms with Crippen molar-refractivity contribution in [3.63, 3.8) is 0 Å². The van der Waals surface area contributed by atoms with E-state index < -0.39 is 6.10 Å². The van der Waals surface area contributed by atoms with Crippen LogP contribution in [0.3, 0.4) is 0 Å². The van der Waals surface area contributed by atoms with Crippen molar-refractivity contribution in [2.45, 2.75) is 25.5 Å². The fourth-order valence-electron chi connectivity index (χ4n) is 1.48. The highest BCUT2D eigenvalue weighted by atomic mass is 16.3. The van der Waals surface area contributed by atoms with Crippen molar-refractivity contribution in [1.29, 1.82) is 0 Å². The molecule has 1 atom stereocenters. The molecular weight excluding hydrogens is 142 g/mol. The molecule has 0 radical (unpaired) electrons. The first-order chi connectivity index (χ1) is 5.27. The predicted molar refractivity (Wildman–Crippen MR) is 40.8 cm³/mol. The molecule has 1 aliphatic rings. The van der Waals surface area contributed by atoms with Gasteiger partial charge in [-0.15, -0.1) is 0 Å². The van der Waals surface area contributed by atoms with Crippen LogP contribution in [0, 0.1) is 0 Å². The van der Waals surface area contributed by atoms with Crippen LogP contribution >= 0.6 is 0 Å². The summed E-state index contributed by atoms with van der Waals surface area (Å²) in [6.45, 7) is 0.927. The number of fused-ring (bicyclic) bond motifs is 1. The normalized spacial score (nSPS) is 23.2. The van der Waals surface area contributed by atoms with E-state index in [4.69, 9.17) is 5.73 Å². The summed E-state index contributed by atoms with van der Waals surface area (Å²) >= 11 is 0. The van der Waals surface area contributed by atoms with Crippen molar-refractivity contribution >= 4 is 5.82 Å². The topological polar surface area (TPSA) is 64.1 Å². The Balaban J connectivity index is 2.43. The summed E-state index contributed by atoms with van der Waals surface area (Å²) in [6.07, 6.45) is 3.17. The molecule has 2 heterocycles. The third-order valence-corrected chi connectivity index (χ3v) is 2.00.